The summed E-state index contributed by atoms with van der Waals surface area (Å²) in [6, 6.07) is 3.91. The van der Waals surface area contributed by atoms with Crippen LogP contribution in [0.5, 0.6) is 5.75 Å². The monoisotopic (exact) mass is 255 g/mol. The molecule has 0 spiro atoms. The van der Waals surface area contributed by atoms with Gasteiger partial charge >= 0.3 is 0 Å². The molecule has 0 saturated carbocycles. The first-order valence-corrected chi connectivity index (χ1v) is 6.55. The summed E-state index contributed by atoms with van der Waals surface area (Å²) in [5.74, 6) is 0.864. The summed E-state index contributed by atoms with van der Waals surface area (Å²) in [4.78, 5) is 0. The Kier molecular flexibility index (Phi) is 5.29. The second-order valence-electron chi connectivity index (χ2n) is 4.70. The van der Waals surface area contributed by atoms with Crippen molar-refractivity contribution in [2.45, 2.75) is 52.7 Å². The molecule has 0 aliphatic rings. The quantitative estimate of drug-likeness (QED) is 0.854. The van der Waals surface area contributed by atoms with E-state index in [9.17, 15) is 0 Å². The normalized spacial score (nSPS) is 12.9. The molecule has 1 aromatic rings. The fraction of sp³-hybridized carbons (Fsp3) is 0.571. The molecule has 2 nitrogen and oxygen atoms in total. The van der Waals surface area contributed by atoms with Crippen LogP contribution in [0.25, 0.3) is 0 Å². The molecule has 0 aromatic heterocycles. The van der Waals surface area contributed by atoms with Crippen molar-refractivity contribution in [1.29, 1.82) is 0 Å². The molecule has 0 aliphatic carbocycles. The standard InChI is InChI=1S/C14H22ClNO/c1-5-6-13(16)11-8-12(15)10(4)7-14(11)17-9(2)3/h7-9,13H,5-6,16H2,1-4H3. The zero-order chi connectivity index (χ0) is 13.0. The van der Waals surface area contributed by atoms with Crippen LogP contribution < -0.4 is 10.5 Å². The van der Waals surface area contributed by atoms with Crippen LogP contribution in [0.4, 0.5) is 0 Å². The Morgan fingerprint density at radius 3 is 2.53 bits per heavy atom. The maximum Gasteiger partial charge on any atom is 0.124 e. The summed E-state index contributed by atoms with van der Waals surface area (Å²) in [6.07, 6.45) is 2.13. The van der Waals surface area contributed by atoms with Gasteiger partial charge in [-0.05, 0) is 44.9 Å². The number of hydrogen-bond donors (Lipinski definition) is 1. The molecule has 2 N–H and O–H groups in total. The highest BCUT2D eigenvalue weighted by Gasteiger charge is 2.14. The lowest BCUT2D eigenvalue weighted by Crippen LogP contribution is -2.14. The summed E-state index contributed by atoms with van der Waals surface area (Å²) >= 11 is 6.16. The highest BCUT2D eigenvalue weighted by molar-refractivity contribution is 6.31. The number of benzene rings is 1. The van der Waals surface area contributed by atoms with Gasteiger partial charge in [0.25, 0.3) is 0 Å². The zero-order valence-electron chi connectivity index (χ0n) is 11.1. The molecule has 96 valence electrons. The Morgan fingerprint density at radius 1 is 1.35 bits per heavy atom. The molecule has 0 heterocycles. The van der Waals surface area contributed by atoms with E-state index in [2.05, 4.69) is 6.92 Å². The van der Waals surface area contributed by atoms with E-state index >= 15 is 0 Å². The maximum absolute atomic E-state index is 6.16. The number of halogens is 1. The van der Waals surface area contributed by atoms with Gasteiger partial charge in [-0.25, -0.2) is 0 Å². The Balaban J connectivity index is 3.10. The minimum atomic E-state index is -0.00755. The van der Waals surface area contributed by atoms with Crippen molar-refractivity contribution in [3.05, 3.63) is 28.3 Å². The average molecular weight is 256 g/mol. The lowest BCUT2D eigenvalue weighted by Gasteiger charge is -2.19. The minimum absolute atomic E-state index is 0.00755. The molecule has 1 atom stereocenters. The van der Waals surface area contributed by atoms with Crippen molar-refractivity contribution in [2.75, 3.05) is 0 Å². The number of ether oxygens (including phenoxy) is 1. The van der Waals surface area contributed by atoms with Crippen molar-refractivity contribution in [3.63, 3.8) is 0 Å². The predicted octanol–water partition coefficient (Wildman–Crippen LogP) is 4.24. The van der Waals surface area contributed by atoms with Gasteiger partial charge in [0.05, 0.1) is 6.10 Å². The molecule has 0 fully saturated rings. The third kappa shape index (κ3) is 3.90. The number of nitrogens with two attached hydrogens (primary N) is 1. The van der Waals surface area contributed by atoms with E-state index in [1.165, 1.54) is 0 Å². The van der Waals surface area contributed by atoms with Crippen molar-refractivity contribution in [2.24, 2.45) is 5.73 Å². The predicted molar refractivity (Wildman–Crippen MR) is 73.8 cm³/mol. The van der Waals surface area contributed by atoms with E-state index in [1.807, 2.05) is 32.9 Å². The third-order valence-corrected chi connectivity index (χ3v) is 3.06. The first-order chi connectivity index (χ1) is 7.95. The lowest BCUT2D eigenvalue weighted by atomic mass is 10.0. The van der Waals surface area contributed by atoms with Gasteiger partial charge in [0.1, 0.15) is 5.75 Å². The smallest absolute Gasteiger partial charge is 0.124 e. The van der Waals surface area contributed by atoms with E-state index in [0.29, 0.717) is 0 Å². The molecular formula is C14H22ClNO. The van der Waals surface area contributed by atoms with E-state index in [-0.39, 0.29) is 12.1 Å². The second kappa shape index (κ2) is 6.27. The molecule has 1 rings (SSSR count). The molecule has 1 unspecified atom stereocenters. The molecular weight excluding hydrogens is 234 g/mol. The van der Waals surface area contributed by atoms with E-state index < -0.39 is 0 Å². The summed E-state index contributed by atoms with van der Waals surface area (Å²) in [5, 5.41) is 0.752. The number of rotatable bonds is 5. The average Bonchev–Trinajstić information content (AvgIpc) is 2.22. The van der Waals surface area contributed by atoms with Gasteiger partial charge < -0.3 is 10.5 Å². The van der Waals surface area contributed by atoms with Crippen molar-refractivity contribution < 1.29 is 4.74 Å². The molecule has 0 radical (unpaired) electrons. The Hall–Kier alpha value is -0.730. The van der Waals surface area contributed by atoms with Crippen molar-refractivity contribution in [3.8, 4) is 5.75 Å². The van der Waals surface area contributed by atoms with Gasteiger partial charge in [-0.2, -0.15) is 0 Å². The van der Waals surface area contributed by atoms with Gasteiger partial charge in [-0.15, -0.1) is 0 Å². The molecule has 0 saturated heterocycles. The van der Waals surface area contributed by atoms with Crippen LogP contribution in [-0.4, -0.2) is 6.10 Å². The number of aryl methyl sites for hydroxylation is 1. The highest BCUT2D eigenvalue weighted by Crippen LogP contribution is 2.32. The SMILES string of the molecule is CCCC(N)c1cc(Cl)c(C)cc1OC(C)C. The summed E-state index contributed by atoms with van der Waals surface area (Å²) < 4.78 is 5.81. The van der Waals surface area contributed by atoms with Crippen LogP contribution >= 0.6 is 11.6 Å². The van der Waals surface area contributed by atoms with Crippen LogP contribution in [0.3, 0.4) is 0 Å². The van der Waals surface area contributed by atoms with Crippen molar-refractivity contribution >= 4 is 11.6 Å². The van der Waals surface area contributed by atoms with Crippen LogP contribution in [0.1, 0.15) is 50.8 Å². The van der Waals surface area contributed by atoms with Crippen LogP contribution in [0.15, 0.2) is 12.1 Å². The molecule has 1 aromatic carbocycles. The van der Waals surface area contributed by atoms with Gasteiger partial charge in [0.2, 0.25) is 0 Å². The topological polar surface area (TPSA) is 35.2 Å². The third-order valence-electron chi connectivity index (χ3n) is 2.65. The Morgan fingerprint density at radius 2 is 2.00 bits per heavy atom. The Labute approximate surface area is 109 Å². The van der Waals surface area contributed by atoms with Gasteiger partial charge in [0.15, 0.2) is 0 Å². The van der Waals surface area contributed by atoms with E-state index in [0.717, 1.165) is 34.7 Å². The molecule has 0 aliphatic heterocycles. The van der Waals surface area contributed by atoms with Gasteiger partial charge in [-0.3, -0.25) is 0 Å². The van der Waals surface area contributed by atoms with Crippen LogP contribution in [0, 0.1) is 6.92 Å². The molecule has 0 bridgehead atoms. The number of hydrogen-bond acceptors (Lipinski definition) is 2. The van der Waals surface area contributed by atoms with Gasteiger partial charge in [-0.1, -0.05) is 24.9 Å². The summed E-state index contributed by atoms with van der Waals surface area (Å²) in [7, 11) is 0. The molecule has 0 amide bonds. The fourth-order valence-electron chi connectivity index (χ4n) is 1.78. The first-order valence-electron chi connectivity index (χ1n) is 6.18. The largest absolute Gasteiger partial charge is 0.491 e. The fourth-order valence-corrected chi connectivity index (χ4v) is 1.95. The minimum Gasteiger partial charge on any atom is -0.491 e. The van der Waals surface area contributed by atoms with Crippen molar-refractivity contribution in [1.82, 2.24) is 0 Å². The maximum atomic E-state index is 6.16. The summed E-state index contributed by atoms with van der Waals surface area (Å²) in [5.41, 5.74) is 8.20. The zero-order valence-corrected chi connectivity index (χ0v) is 11.8. The van der Waals surface area contributed by atoms with Crippen LogP contribution in [-0.2, 0) is 0 Å². The van der Waals surface area contributed by atoms with Crippen LogP contribution in [0.2, 0.25) is 5.02 Å². The Bertz CT molecular complexity index is 377. The van der Waals surface area contributed by atoms with Gasteiger partial charge in [0, 0.05) is 16.6 Å². The van der Waals surface area contributed by atoms with E-state index in [1.54, 1.807) is 0 Å². The first kappa shape index (κ1) is 14.3. The summed E-state index contributed by atoms with van der Waals surface area (Å²) in [6.45, 7) is 8.13. The second-order valence-corrected chi connectivity index (χ2v) is 5.11. The van der Waals surface area contributed by atoms with E-state index in [4.69, 9.17) is 22.1 Å². The molecule has 3 heteroatoms. The highest BCUT2D eigenvalue weighted by atomic mass is 35.5. The molecule has 17 heavy (non-hydrogen) atoms. The lowest BCUT2D eigenvalue weighted by molar-refractivity contribution is 0.238.